The molecule has 0 saturated carbocycles. The summed E-state index contributed by atoms with van der Waals surface area (Å²) in [5, 5.41) is 11.5. The number of aryl methyl sites for hydroxylation is 2. The number of amides is 1. The molecule has 7 heteroatoms. The molecule has 1 aromatic heterocycles. The third-order valence-corrected chi connectivity index (χ3v) is 5.35. The highest BCUT2D eigenvalue weighted by Gasteiger charge is 2.20. The summed E-state index contributed by atoms with van der Waals surface area (Å²) < 4.78 is 1.44. The van der Waals surface area contributed by atoms with Crippen molar-refractivity contribution in [1.82, 2.24) is 20.2 Å². The molecule has 3 N–H and O–H groups in total. The van der Waals surface area contributed by atoms with Crippen LogP contribution in [0.2, 0.25) is 0 Å². The first-order chi connectivity index (χ1) is 13.0. The van der Waals surface area contributed by atoms with Crippen LogP contribution in [-0.2, 0) is 11.3 Å². The zero-order chi connectivity index (χ0) is 19.4. The number of benzene rings is 2. The van der Waals surface area contributed by atoms with E-state index in [1.54, 1.807) is 0 Å². The summed E-state index contributed by atoms with van der Waals surface area (Å²) in [5.74, 6) is 6.69. The van der Waals surface area contributed by atoms with Gasteiger partial charge in [-0.3, -0.25) is 4.79 Å². The van der Waals surface area contributed by atoms with Crippen LogP contribution in [0.25, 0.3) is 11.4 Å². The molecule has 1 atom stereocenters. The van der Waals surface area contributed by atoms with Crippen molar-refractivity contribution >= 4 is 17.7 Å². The Morgan fingerprint density at radius 3 is 2.56 bits per heavy atom. The third kappa shape index (κ3) is 4.49. The number of nitrogens with one attached hydrogen (secondary N) is 1. The van der Waals surface area contributed by atoms with E-state index < -0.39 is 0 Å². The van der Waals surface area contributed by atoms with E-state index in [1.165, 1.54) is 22.0 Å². The molecule has 6 nitrogen and oxygen atoms in total. The highest BCUT2D eigenvalue weighted by atomic mass is 32.2. The molecule has 0 unspecified atom stereocenters. The molecule has 0 fully saturated rings. The van der Waals surface area contributed by atoms with E-state index >= 15 is 0 Å². The van der Waals surface area contributed by atoms with Gasteiger partial charge in [-0.15, -0.1) is 10.2 Å². The second-order valence-electron chi connectivity index (χ2n) is 6.45. The first kappa shape index (κ1) is 19.0. The van der Waals surface area contributed by atoms with E-state index in [0.29, 0.717) is 17.5 Å². The minimum Gasteiger partial charge on any atom is -0.351 e. The number of nitrogen functional groups attached to an aromatic ring is 1. The summed E-state index contributed by atoms with van der Waals surface area (Å²) in [7, 11) is 0. The molecule has 0 radical (unpaired) electrons. The van der Waals surface area contributed by atoms with Crippen LogP contribution in [0.15, 0.2) is 53.7 Å². The molecule has 0 aliphatic heterocycles. The molecule has 3 rings (SSSR count). The highest BCUT2D eigenvalue weighted by molar-refractivity contribution is 8.00. The largest absolute Gasteiger partial charge is 0.351 e. The standard InChI is InChI=1S/C20H23N5OS/c1-13-8-10-16(11-9-13)12-22-19(26)15(3)27-20-24-23-18(25(20)21)17-7-5-4-6-14(17)2/h4-11,15H,12,21H2,1-3H3,(H,22,26)/t15-/m1/s1. The average molecular weight is 382 g/mol. The molecular weight excluding hydrogens is 358 g/mol. The molecule has 0 aliphatic carbocycles. The van der Waals surface area contributed by atoms with Crippen molar-refractivity contribution in [3.8, 4) is 11.4 Å². The topological polar surface area (TPSA) is 85.8 Å². The van der Waals surface area contributed by atoms with Crippen LogP contribution in [0.3, 0.4) is 0 Å². The van der Waals surface area contributed by atoms with Crippen LogP contribution in [0.1, 0.15) is 23.6 Å². The molecule has 0 saturated heterocycles. The molecule has 140 valence electrons. The first-order valence-electron chi connectivity index (χ1n) is 8.72. The van der Waals surface area contributed by atoms with E-state index in [9.17, 15) is 4.79 Å². The van der Waals surface area contributed by atoms with Crippen molar-refractivity contribution in [2.24, 2.45) is 0 Å². The van der Waals surface area contributed by atoms with Gasteiger partial charge < -0.3 is 11.2 Å². The Morgan fingerprint density at radius 2 is 1.85 bits per heavy atom. The molecule has 2 aromatic carbocycles. The number of carbonyl (C=O) groups is 1. The van der Waals surface area contributed by atoms with Gasteiger partial charge in [0.2, 0.25) is 11.1 Å². The maximum atomic E-state index is 12.4. The Hall–Kier alpha value is -2.80. The van der Waals surface area contributed by atoms with Crippen LogP contribution in [0, 0.1) is 13.8 Å². The third-order valence-electron chi connectivity index (χ3n) is 4.29. The van der Waals surface area contributed by atoms with E-state index in [2.05, 4.69) is 15.5 Å². The summed E-state index contributed by atoms with van der Waals surface area (Å²) in [5.41, 5.74) is 4.25. The number of thioether (sulfide) groups is 1. The Morgan fingerprint density at radius 1 is 1.15 bits per heavy atom. The van der Waals surface area contributed by atoms with Crippen molar-refractivity contribution in [2.75, 3.05) is 5.84 Å². The fraction of sp³-hybridized carbons (Fsp3) is 0.250. The average Bonchev–Trinajstić information content (AvgIpc) is 3.01. The SMILES string of the molecule is Cc1ccc(CNC(=O)[C@@H](C)Sc2nnc(-c3ccccc3C)n2N)cc1. The molecule has 1 amide bonds. The zero-order valence-corrected chi connectivity index (χ0v) is 16.5. The predicted molar refractivity (Wildman–Crippen MR) is 109 cm³/mol. The van der Waals surface area contributed by atoms with Crippen molar-refractivity contribution in [1.29, 1.82) is 0 Å². The molecule has 0 bridgehead atoms. The summed E-state index contributed by atoms with van der Waals surface area (Å²) >= 11 is 1.29. The quantitative estimate of drug-likeness (QED) is 0.506. The van der Waals surface area contributed by atoms with Crippen molar-refractivity contribution in [3.63, 3.8) is 0 Å². The second-order valence-corrected chi connectivity index (χ2v) is 7.76. The Bertz CT molecular complexity index is 936. The highest BCUT2D eigenvalue weighted by Crippen LogP contribution is 2.26. The Labute approximate surface area is 163 Å². The van der Waals surface area contributed by atoms with Gasteiger partial charge in [0.1, 0.15) is 0 Å². The van der Waals surface area contributed by atoms with Gasteiger partial charge in [-0.05, 0) is 31.9 Å². The van der Waals surface area contributed by atoms with Gasteiger partial charge in [-0.1, -0.05) is 65.9 Å². The molecule has 3 aromatic rings. The first-order valence-corrected chi connectivity index (χ1v) is 9.60. The van der Waals surface area contributed by atoms with Crippen LogP contribution in [0.4, 0.5) is 0 Å². The van der Waals surface area contributed by atoms with Crippen LogP contribution in [-0.4, -0.2) is 26.0 Å². The van der Waals surface area contributed by atoms with Crippen LogP contribution < -0.4 is 11.2 Å². The normalized spacial score (nSPS) is 12.0. The number of hydrogen-bond donors (Lipinski definition) is 2. The van der Waals surface area contributed by atoms with Crippen LogP contribution >= 0.6 is 11.8 Å². The van der Waals surface area contributed by atoms with Crippen molar-refractivity contribution < 1.29 is 4.79 Å². The lowest BCUT2D eigenvalue weighted by molar-refractivity contribution is -0.120. The minimum atomic E-state index is -0.341. The Balaban J connectivity index is 1.64. The maximum Gasteiger partial charge on any atom is 0.233 e. The molecule has 1 heterocycles. The number of nitrogens with two attached hydrogens (primary N) is 1. The summed E-state index contributed by atoms with van der Waals surface area (Å²) in [6, 6.07) is 15.9. The number of aromatic nitrogens is 3. The zero-order valence-electron chi connectivity index (χ0n) is 15.6. The Kier molecular flexibility index (Phi) is 5.81. The monoisotopic (exact) mass is 381 g/mol. The summed E-state index contributed by atoms with van der Waals surface area (Å²) in [6.07, 6.45) is 0. The fourth-order valence-electron chi connectivity index (χ4n) is 2.62. The smallest absolute Gasteiger partial charge is 0.233 e. The lowest BCUT2D eigenvalue weighted by Crippen LogP contribution is -2.30. The lowest BCUT2D eigenvalue weighted by atomic mass is 10.1. The summed E-state index contributed by atoms with van der Waals surface area (Å²) in [4.78, 5) is 12.4. The van der Waals surface area contributed by atoms with E-state index in [4.69, 9.17) is 5.84 Å². The second kappa shape index (κ2) is 8.26. The van der Waals surface area contributed by atoms with Gasteiger partial charge in [0, 0.05) is 12.1 Å². The number of rotatable bonds is 6. The van der Waals surface area contributed by atoms with Gasteiger partial charge in [0.05, 0.1) is 5.25 Å². The minimum absolute atomic E-state index is 0.0685. The molecule has 27 heavy (non-hydrogen) atoms. The molecular formula is C20H23N5OS. The fourth-order valence-corrected chi connectivity index (χ4v) is 3.41. The molecule has 0 spiro atoms. The van der Waals surface area contributed by atoms with Gasteiger partial charge in [0.15, 0.2) is 5.82 Å². The summed E-state index contributed by atoms with van der Waals surface area (Å²) in [6.45, 7) is 6.36. The van der Waals surface area contributed by atoms with Crippen molar-refractivity contribution in [3.05, 3.63) is 65.2 Å². The lowest BCUT2D eigenvalue weighted by Gasteiger charge is -2.12. The predicted octanol–water partition coefficient (Wildman–Crippen LogP) is 3.07. The van der Waals surface area contributed by atoms with Gasteiger partial charge in [-0.2, -0.15) is 0 Å². The van der Waals surface area contributed by atoms with Gasteiger partial charge in [0.25, 0.3) is 0 Å². The van der Waals surface area contributed by atoms with Gasteiger partial charge in [-0.25, -0.2) is 4.68 Å². The van der Waals surface area contributed by atoms with E-state index in [1.807, 2.05) is 69.3 Å². The van der Waals surface area contributed by atoms with E-state index in [0.717, 1.165) is 16.7 Å². The van der Waals surface area contributed by atoms with Crippen LogP contribution in [0.5, 0.6) is 0 Å². The number of hydrogen-bond acceptors (Lipinski definition) is 5. The molecule has 0 aliphatic rings. The van der Waals surface area contributed by atoms with E-state index in [-0.39, 0.29) is 11.2 Å². The van der Waals surface area contributed by atoms with Crippen molar-refractivity contribution in [2.45, 2.75) is 37.7 Å². The number of carbonyl (C=O) groups excluding carboxylic acids is 1. The van der Waals surface area contributed by atoms with Gasteiger partial charge >= 0.3 is 0 Å². The number of nitrogens with zero attached hydrogens (tertiary/aromatic N) is 3. The maximum absolute atomic E-state index is 12.4.